The van der Waals surface area contributed by atoms with E-state index in [2.05, 4.69) is 24.0 Å². The second-order valence-electron chi connectivity index (χ2n) is 6.35. The quantitative estimate of drug-likeness (QED) is 0.928. The van der Waals surface area contributed by atoms with Crippen molar-refractivity contribution in [2.24, 2.45) is 11.7 Å². The van der Waals surface area contributed by atoms with E-state index in [-0.39, 0.29) is 5.91 Å². The van der Waals surface area contributed by atoms with E-state index < -0.39 is 0 Å². The molecule has 0 bridgehead atoms. The molecule has 0 radical (unpaired) electrons. The Labute approximate surface area is 137 Å². The van der Waals surface area contributed by atoms with Crippen molar-refractivity contribution in [3.05, 3.63) is 24.3 Å². The van der Waals surface area contributed by atoms with Crippen molar-refractivity contribution in [2.75, 3.05) is 36.8 Å². The summed E-state index contributed by atoms with van der Waals surface area (Å²) in [6.45, 7) is 5.20. The van der Waals surface area contributed by atoms with Gasteiger partial charge in [-0.1, -0.05) is 19.1 Å². The molecule has 1 aromatic rings. The number of fused-ring (bicyclic) bond motifs is 1. The molecule has 1 aromatic carbocycles. The van der Waals surface area contributed by atoms with Gasteiger partial charge in [-0.3, -0.25) is 9.69 Å². The van der Waals surface area contributed by atoms with E-state index in [1.165, 1.54) is 4.90 Å². The predicted octanol–water partition coefficient (Wildman–Crippen LogP) is 2.18. The summed E-state index contributed by atoms with van der Waals surface area (Å²) < 4.78 is 0. The normalized spacial score (nSPS) is 25.8. The Bertz CT molecular complexity index is 536. The number of thioether (sulfide) groups is 1. The summed E-state index contributed by atoms with van der Waals surface area (Å²) in [4.78, 5) is 18.3. The number of hydrogen-bond acceptors (Lipinski definition) is 4. The highest BCUT2D eigenvalue weighted by molar-refractivity contribution is 7.99. The molecule has 2 N–H and O–H groups in total. The summed E-state index contributed by atoms with van der Waals surface area (Å²) in [5, 5.41) is 0. The third-order valence-electron chi connectivity index (χ3n) is 4.74. The van der Waals surface area contributed by atoms with Crippen LogP contribution in [-0.2, 0) is 4.79 Å². The number of benzene rings is 1. The van der Waals surface area contributed by atoms with Crippen molar-refractivity contribution in [3.63, 3.8) is 0 Å². The molecule has 22 heavy (non-hydrogen) atoms. The highest BCUT2D eigenvalue weighted by Crippen LogP contribution is 2.34. The molecule has 1 amide bonds. The number of carbonyl (C=O) groups excluding carboxylic acids is 1. The number of likely N-dealkylation sites (tertiary alicyclic amines) is 1. The van der Waals surface area contributed by atoms with E-state index in [1.54, 1.807) is 0 Å². The van der Waals surface area contributed by atoms with Crippen molar-refractivity contribution in [3.8, 4) is 0 Å². The molecule has 5 heteroatoms. The predicted molar refractivity (Wildman–Crippen MR) is 92.3 cm³/mol. The smallest absolute Gasteiger partial charge is 0.241 e. The van der Waals surface area contributed by atoms with Crippen molar-refractivity contribution >= 4 is 23.4 Å². The second-order valence-corrected chi connectivity index (χ2v) is 7.49. The first-order valence-corrected chi connectivity index (χ1v) is 9.14. The summed E-state index contributed by atoms with van der Waals surface area (Å²) in [6.07, 6.45) is 2.27. The van der Waals surface area contributed by atoms with Gasteiger partial charge in [0.1, 0.15) is 0 Å². The second kappa shape index (κ2) is 7.02. The number of anilines is 1. The van der Waals surface area contributed by atoms with Gasteiger partial charge >= 0.3 is 0 Å². The first-order valence-electron chi connectivity index (χ1n) is 8.15. The molecule has 2 heterocycles. The third kappa shape index (κ3) is 3.31. The van der Waals surface area contributed by atoms with E-state index in [4.69, 9.17) is 5.73 Å². The first kappa shape index (κ1) is 15.8. The number of rotatable bonds is 3. The maximum Gasteiger partial charge on any atom is 0.241 e. The topological polar surface area (TPSA) is 49.6 Å². The minimum atomic E-state index is 0.209. The van der Waals surface area contributed by atoms with Crippen LogP contribution < -0.4 is 10.6 Å². The number of nitrogens with zero attached hydrogens (tertiary/aromatic N) is 2. The van der Waals surface area contributed by atoms with Gasteiger partial charge in [-0.25, -0.2) is 0 Å². The standard InChI is InChI=1S/C17H25N3OS/c1-13-6-7-19(14(10-13)11-18)12-17(21)20-8-9-22-16-5-3-2-4-15(16)20/h2-5,13-14H,6-12,18H2,1H3. The molecule has 2 aliphatic rings. The summed E-state index contributed by atoms with van der Waals surface area (Å²) >= 11 is 1.83. The maximum absolute atomic E-state index is 12.8. The van der Waals surface area contributed by atoms with Crippen LogP contribution in [0, 0.1) is 5.92 Å². The van der Waals surface area contributed by atoms with Gasteiger partial charge in [-0.2, -0.15) is 0 Å². The molecule has 0 aromatic heterocycles. The van der Waals surface area contributed by atoms with Crippen molar-refractivity contribution in [1.82, 2.24) is 4.90 Å². The average molecular weight is 319 g/mol. The van der Waals surface area contributed by atoms with Crippen LogP contribution in [0.5, 0.6) is 0 Å². The number of amides is 1. The van der Waals surface area contributed by atoms with E-state index in [1.807, 2.05) is 28.8 Å². The summed E-state index contributed by atoms with van der Waals surface area (Å²) in [5.41, 5.74) is 6.98. The Hall–Kier alpha value is -1.04. The molecule has 2 atom stereocenters. The minimum Gasteiger partial charge on any atom is -0.329 e. The van der Waals surface area contributed by atoms with E-state index in [0.717, 1.165) is 37.4 Å². The Morgan fingerprint density at radius 3 is 3.00 bits per heavy atom. The van der Waals surface area contributed by atoms with Crippen LogP contribution in [0.2, 0.25) is 0 Å². The molecule has 0 spiro atoms. The number of piperidine rings is 1. The largest absolute Gasteiger partial charge is 0.329 e. The number of para-hydroxylation sites is 1. The molecule has 3 rings (SSSR count). The van der Waals surface area contributed by atoms with Crippen LogP contribution in [0.15, 0.2) is 29.2 Å². The molecule has 0 saturated carbocycles. The lowest BCUT2D eigenvalue weighted by Gasteiger charge is -2.39. The fourth-order valence-corrected chi connectivity index (χ4v) is 4.44. The van der Waals surface area contributed by atoms with Crippen LogP contribution >= 0.6 is 11.8 Å². The molecule has 2 unspecified atom stereocenters. The highest BCUT2D eigenvalue weighted by atomic mass is 32.2. The molecule has 1 fully saturated rings. The number of carbonyl (C=O) groups is 1. The Kier molecular flexibility index (Phi) is 5.06. The Morgan fingerprint density at radius 1 is 1.36 bits per heavy atom. The fraction of sp³-hybridized carbons (Fsp3) is 0.588. The van der Waals surface area contributed by atoms with Gasteiger partial charge in [0.15, 0.2) is 0 Å². The van der Waals surface area contributed by atoms with Gasteiger partial charge < -0.3 is 10.6 Å². The van der Waals surface area contributed by atoms with Gasteiger partial charge in [0, 0.05) is 29.8 Å². The van der Waals surface area contributed by atoms with Gasteiger partial charge in [0.05, 0.1) is 12.2 Å². The van der Waals surface area contributed by atoms with Gasteiger partial charge in [-0.15, -0.1) is 11.8 Å². The van der Waals surface area contributed by atoms with E-state index >= 15 is 0 Å². The van der Waals surface area contributed by atoms with Crippen LogP contribution in [0.1, 0.15) is 19.8 Å². The zero-order valence-electron chi connectivity index (χ0n) is 13.2. The maximum atomic E-state index is 12.8. The Balaban J connectivity index is 1.70. The van der Waals surface area contributed by atoms with Crippen LogP contribution in [0.4, 0.5) is 5.69 Å². The number of nitrogens with two attached hydrogens (primary N) is 1. The molecule has 0 aliphatic carbocycles. The van der Waals surface area contributed by atoms with E-state index in [0.29, 0.717) is 25.0 Å². The highest BCUT2D eigenvalue weighted by Gasteiger charge is 2.29. The third-order valence-corrected chi connectivity index (χ3v) is 5.78. The van der Waals surface area contributed by atoms with E-state index in [9.17, 15) is 4.79 Å². The van der Waals surface area contributed by atoms with Crippen molar-refractivity contribution in [1.29, 1.82) is 0 Å². The van der Waals surface area contributed by atoms with Crippen LogP contribution in [0.25, 0.3) is 0 Å². The minimum absolute atomic E-state index is 0.209. The first-order chi connectivity index (χ1) is 10.7. The summed E-state index contributed by atoms with van der Waals surface area (Å²) in [5.74, 6) is 1.90. The average Bonchev–Trinajstić information content (AvgIpc) is 2.55. The van der Waals surface area contributed by atoms with Crippen molar-refractivity contribution < 1.29 is 4.79 Å². The Morgan fingerprint density at radius 2 is 2.18 bits per heavy atom. The molecular weight excluding hydrogens is 294 g/mol. The molecule has 2 aliphatic heterocycles. The fourth-order valence-electron chi connectivity index (χ4n) is 3.44. The summed E-state index contributed by atoms with van der Waals surface area (Å²) in [7, 11) is 0. The molecule has 1 saturated heterocycles. The monoisotopic (exact) mass is 319 g/mol. The molecule has 4 nitrogen and oxygen atoms in total. The SMILES string of the molecule is CC1CCN(CC(=O)N2CCSc3ccccc32)C(CN)C1. The lowest BCUT2D eigenvalue weighted by molar-refractivity contribution is -0.120. The zero-order valence-corrected chi connectivity index (χ0v) is 14.0. The van der Waals surface area contributed by atoms with Gasteiger partial charge in [0.2, 0.25) is 5.91 Å². The lowest BCUT2D eigenvalue weighted by Crippen LogP contribution is -2.51. The van der Waals surface area contributed by atoms with Crippen molar-refractivity contribution in [2.45, 2.75) is 30.7 Å². The molecule has 120 valence electrons. The van der Waals surface area contributed by atoms with Gasteiger partial charge in [-0.05, 0) is 37.4 Å². The molecular formula is C17H25N3OS. The zero-order chi connectivity index (χ0) is 15.5. The summed E-state index contributed by atoms with van der Waals surface area (Å²) in [6, 6.07) is 8.55. The lowest BCUT2D eigenvalue weighted by atomic mass is 9.92. The van der Waals surface area contributed by atoms with Gasteiger partial charge in [0.25, 0.3) is 0 Å². The van der Waals surface area contributed by atoms with Crippen LogP contribution in [0.3, 0.4) is 0 Å². The van der Waals surface area contributed by atoms with Crippen LogP contribution in [-0.4, -0.2) is 48.8 Å². The number of hydrogen-bond donors (Lipinski definition) is 1.